The Morgan fingerprint density at radius 2 is 1.76 bits per heavy atom. The molecule has 3 atom stereocenters. The maximum absolute atomic E-state index is 13.6. The number of sulfone groups is 2. The maximum Gasteiger partial charge on any atom is 0.323 e. The second-order valence-electron chi connectivity index (χ2n) is 8.29. The van der Waals surface area contributed by atoms with Crippen LogP contribution < -0.4 is 10.1 Å². The van der Waals surface area contributed by atoms with Crippen LogP contribution in [0.3, 0.4) is 0 Å². The van der Waals surface area contributed by atoms with Gasteiger partial charge >= 0.3 is 5.97 Å². The van der Waals surface area contributed by atoms with Gasteiger partial charge in [-0.1, -0.05) is 30.3 Å². The highest BCUT2D eigenvalue weighted by molar-refractivity contribution is 7.96. The number of ether oxygens (including phenoxy) is 2. The molecule has 8 nitrogen and oxygen atoms in total. The van der Waals surface area contributed by atoms with E-state index in [0.29, 0.717) is 16.9 Å². The lowest BCUT2D eigenvalue weighted by Crippen LogP contribution is -2.51. The van der Waals surface area contributed by atoms with Crippen molar-refractivity contribution in [2.45, 2.75) is 42.5 Å². The predicted molar refractivity (Wildman–Crippen MR) is 125 cm³/mol. The third-order valence-corrected chi connectivity index (χ3v) is 10.2. The Morgan fingerprint density at radius 3 is 2.36 bits per heavy atom. The molecule has 0 bridgehead atoms. The molecule has 0 saturated carbocycles. The molecule has 0 aliphatic carbocycles. The Balaban J connectivity index is 1.97. The first-order valence-electron chi connectivity index (χ1n) is 10.5. The minimum atomic E-state index is -4.04. The highest BCUT2D eigenvalue weighted by Crippen LogP contribution is 2.32. The van der Waals surface area contributed by atoms with Gasteiger partial charge in [-0.15, -0.1) is 0 Å². The van der Waals surface area contributed by atoms with Crippen molar-refractivity contribution in [2.24, 2.45) is 0 Å². The molecule has 2 aromatic rings. The van der Waals surface area contributed by atoms with E-state index in [2.05, 4.69) is 5.32 Å². The molecule has 0 radical (unpaired) electrons. The van der Waals surface area contributed by atoms with Crippen LogP contribution in [0.2, 0.25) is 0 Å². The molecule has 2 aromatic carbocycles. The maximum atomic E-state index is 13.6. The predicted octanol–water partition coefficient (Wildman–Crippen LogP) is 1.63. The number of esters is 1. The van der Waals surface area contributed by atoms with Gasteiger partial charge < -0.3 is 9.47 Å². The normalized spacial score (nSPS) is 20.8. The van der Waals surface area contributed by atoms with Gasteiger partial charge in [0.2, 0.25) is 0 Å². The Labute approximate surface area is 195 Å². The first-order valence-corrected chi connectivity index (χ1v) is 13.8. The molecule has 180 valence electrons. The van der Waals surface area contributed by atoms with Crippen molar-refractivity contribution in [3.8, 4) is 5.75 Å². The number of rotatable bonds is 8. The minimum absolute atomic E-state index is 0.0624. The summed E-state index contributed by atoms with van der Waals surface area (Å²) in [5.41, 5.74) is 1.93. The Kier molecular flexibility index (Phi) is 7.50. The molecule has 3 rings (SSSR count). The average molecular weight is 496 g/mol. The fraction of sp³-hybridized carbons (Fsp3) is 0.435. The molecule has 1 heterocycles. The van der Waals surface area contributed by atoms with Gasteiger partial charge in [-0.3, -0.25) is 10.1 Å². The molecule has 0 spiro atoms. The third-order valence-electron chi connectivity index (χ3n) is 5.88. The van der Waals surface area contributed by atoms with E-state index in [9.17, 15) is 21.6 Å². The van der Waals surface area contributed by atoms with Crippen LogP contribution in [0.4, 0.5) is 0 Å². The number of carbonyl (C=O) groups is 1. The molecule has 1 N–H and O–H groups in total. The topological polar surface area (TPSA) is 116 Å². The summed E-state index contributed by atoms with van der Waals surface area (Å²) in [6.45, 7) is 3.37. The van der Waals surface area contributed by atoms with Crippen molar-refractivity contribution >= 4 is 25.6 Å². The molecular formula is C23H29NO7S2. The van der Waals surface area contributed by atoms with Gasteiger partial charge in [0, 0.05) is 6.04 Å². The minimum Gasteiger partial charge on any atom is -0.496 e. The van der Waals surface area contributed by atoms with Crippen molar-refractivity contribution < 1.29 is 31.1 Å². The lowest BCUT2D eigenvalue weighted by molar-refractivity contribution is -0.143. The quantitative estimate of drug-likeness (QED) is 0.550. The van der Waals surface area contributed by atoms with Gasteiger partial charge in [-0.25, -0.2) is 16.8 Å². The van der Waals surface area contributed by atoms with Crippen LogP contribution in [-0.4, -0.2) is 65.9 Å². The van der Waals surface area contributed by atoms with Crippen LogP contribution in [0.25, 0.3) is 0 Å². The van der Waals surface area contributed by atoms with E-state index in [4.69, 9.17) is 9.47 Å². The summed E-state index contributed by atoms with van der Waals surface area (Å²) in [4.78, 5) is 12.5. The van der Waals surface area contributed by atoms with Crippen molar-refractivity contribution in [3.05, 3.63) is 59.2 Å². The van der Waals surface area contributed by atoms with Gasteiger partial charge in [0.15, 0.2) is 19.7 Å². The zero-order valence-electron chi connectivity index (χ0n) is 19.1. The molecule has 33 heavy (non-hydrogen) atoms. The van der Waals surface area contributed by atoms with E-state index >= 15 is 0 Å². The number of nitrogens with one attached hydrogen (secondary N) is 1. The number of hydrogen-bond acceptors (Lipinski definition) is 8. The lowest BCUT2D eigenvalue weighted by Gasteiger charge is -2.25. The van der Waals surface area contributed by atoms with Gasteiger partial charge in [-0.05, 0) is 49.1 Å². The Hall–Kier alpha value is -2.43. The number of benzene rings is 2. The second kappa shape index (κ2) is 9.82. The Bertz CT molecular complexity index is 1220. The summed E-state index contributed by atoms with van der Waals surface area (Å²) in [5.74, 6) is -0.936. The zero-order chi connectivity index (χ0) is 24.4. The van der Waals surface area contributed by atoms with Crippen LogP contribution in [0.5, 0.6) is 5.75 Å². The summed E-state index contributed by atoms with van der Waals surface area (Å²) in [6, 6.07) is 10.4. The number of aryl methyl sites for hydroxylation is 2. The van der Waals surface area contributed by atoms with Crippen LogP contribution >= 0.6 is 0 Å². The van der Waals surface area contributed by atoms with Gasteiger partial charge in [-0.2, -0.15) is 0 Å². The zero-order valence-corrected chi connectivity index (χ0v) is 20.7. The molecule has 1 aliphatic rings. The van der Waals surface area contributed by atoms with Gasteiger partial charge in [0.05, 0.1) is 35.9 Å². The summed E-state index contributed by atoms with van der Waals surface area (Å²) in [5, 5.41) is 1.76. The molecule has 0 amide bonds. The molecule has 1 saturated heterocycles. The lowest BCUT2D eigenvalue weighted by atomic mass is 10.0. The summed E-state index contributed by atoms with van der Waals surface area (Å²) < 4.78 is 62.5. The average Bonchev–Trinajstić information content (AvgIpc) is 3.09. The first-order chi connectivity index (χ1) is 15.5. The third kappa shape index (κ3) is 5.56. The van der Waals surface area contributed by atoms with E-state index < -0.39 is 48.7 Å². The monoisotopic (exact) mass is 495 g/mol. The fourth-order valence-corrected chi connectivity index (χ4v) is 9.18. The first kappa shape index (κ1) is 25.2. The highest BCUT2D eigenvalue weighted by atomic mass is 32.2. The smallest absolute Gasteiger partial charge is 0.323 e. The second-order valence-corrected chi connectivity index (χ2v) is 12.6. The molecule has 1 fully saturated rings. The molecule has 0 unspecified atom stereocenters. The molecule has 0 aromatic heterocycles. The van der Waals surface area contributed by atoms with Crippen molar-refractivity contribution in [3.63, 3.8) is 0 Å². The van der Waals surface area contributed by atoms with Crippen LogP contribution in [0.1, 0.15) is 16.7 Å². The highest BCUT2D eigenvalue weighted by Gasteiger charge is 2.47. The molecule has 10 heteroatoms. The van der Waals surface area contributed by atoms with E-state index in [0.717, 1.165) is 5.56 Å². The summed E-state index contributed by atoms with van der Waals surface area (Å²) >= 11 is 0. The Morgan fingerprint density at radius 1 is 1.09 bits per heavy atom. The fourth-order valence-electron chi connectivity index (χ4n) is 4.19. The van der Waals surface area contributed by atoms with Crippen LogP contribution in [-0.2, 0) is 35.6 Å². The standard InChI is InChI=1S/C23H29NO7S2/c1-15-11-21(16(2)10-20(15)30-3)33(28,29)22-14-32(26,27)13-19(22)24-18(23(25)31-4)12-17-8-6-5-7-9-17/h5-11,18-19,22,24H,12-14H2,1-4H3/t18-,19-,22-/m0/s1. The van der Waals surface area contributed by atoms with E-state index in [-0.39, 0.29) is 17.1 Å². The molecule has 1 aliphatic heterocycles. The van der Waals surface area contributed by atoms with E-state index in [1.807, 2.05) is 30.3 Å². The van der Waals surface area contributed by atoms with Crippen LogP contribution in [0, 0.1) is 13.8 Å². The SMILES string of the molecule is COC(=O)[C@H](Cc1ccccc1)N[C@H]1CS(=O)(=O)C[C@@H]1S(=O)(=O)c1cc(C)c(OC)cc1C. The largest absolute Gasteiger partial charge is 0.496 e. The van der Waals surface area contributed by atoms with E-state index in [1.165, 1.54) is 20.3 Å². The van der Waals surface area contributed by atoms with Crippen LogP contribution in [0.15, 0.2) is 47.4 Å². The van der Waals surface area contributed by atoms with Gasteiger partial charge in [0.25, 0.3) is 0 Å². The number of carbonyl (C=O) groups excluding carboxylic acids is 1. The van der Waals surface area contributed by atoms with E-state index in [1.54, 1.807) is 19.9 Å². The molecular weight excluding hydrogens is 466 g/mol. The number of methoxy groups -OCH3 is 2. The van der Waals surface area contributed by atoms with Gasteiger partial charge in [0.1, 0.15) is 11.8 Å². The van der Waals surface area contributed by atoms with Crippen molar-refractivity contribution in [2.75, 3.05) is 25.7 Å². The summed E-state index contributed by atoms with van der Waals surface area (Å²) in [6.07, 6.45) is 0.234. The summed E-state index contributed by atoms with van der Waals surface area (Å²) in [7, 11) is -4.94. The van der Waals surface area contributed by atoms with Crippen molar-refractivity contribution in [1.82, 2.24) is 5.32 Å². The number of hydrogen-bond donors (Lipinski definition) is 1. The van der Waals surface area contributed by atoms with Crippen molar-refractivity contribution in [1.29, 1.82) is 0 Å².